The molecule has 0 saturated carbocycles. The number of nitrogens with zero attached hydrogens (tertiary/aromatic N) is 1. The second kappa shape index (κ2) is 7.16. The van der Waals surface area contributed by atoms with Crippen molar-refractivity contribution in [2.75, 3.05) is 6.54 Å². The number of benzene rings is 1. The molecule has 5 heteroatoms. The molecule has 0 bridgehead atoms. The van der Waals surface area contributed by atoms with Crippen LogP contribution in [0, 0.1) is 6.92 Å². The highest BCUT2D eigenvalue weighted by atomic mass is 32.2. The van der Waals surface area contributed by atoms with Crippen LogP contribution < -0.4 is 0 Å². The van der Waals surface area contributed by atoms with Crippen LogP contribution in [-0.2, 0) is 15.8 Å². The fraction of sp³-hybridized carbons (Fsp3) is 0.444. The minimum atomic E-state index is -3.31. The Bertz CT molecular complexity index is 737. The van der Waals surface area contributed by atoms with E-state index < -0.39 is 10.0 Å². The van der Waals surface area contributed by atoms with Gasteiger partial charge >= 0.3 is 0 Å². The lowest BCUT2D eigenvalue weighted by Crippen LogP contribution is -2.35. The highest BCUT2D eigenvalue weighted by Gasteiger charge is 2.32. The Labute approximate surface area is 143 Å². The lowest BCUT2D eigenvalue weighted by Gasteiger charge is -2.28. The summed E-state index contributed by atoms with van der Waals surface area (Å²) in [5, 5.41) is 0. The Morgan fingerprint density at radius 3 is 2.57 bits per heavy atom. The summed E-state index contributed by atoms with van der Waals surface area (Å²) in [6, 6.07) is 13.7. The molecule has 1 aliphatic rings. The summed E-state index contributed by atoms with van der Waals surface area (Å²) in [5.41, 5.74) is 0.859. The Morgan fingerprint density at radius 1 is 1.09 bits per heavy atom. The molecule has 0 radical (unpaired) electrons. The smallest absolute Gasteiger partial charge is 0.212 e. The van der Waals surface area contributed by atoms with Crippen molar-refractivity contribution in [2.24, 2.45) is 0 Å². The fourth-order valence-corrected chi connectivity index (χ4v) is 6.08. The van der Waals surface area contributed by atoms with Crippen LogP contribution in [-0.4, -0.2) is 19.3 Å². The van der Waals surface area contributed by atoms with Gasteiger partial charge in [0.15, 0.2) is 0 Å². The number of sulfonamides is 1. The molecule has 1 atom stereocenters. The minimum Gasteiger partial charge on any atom is -0.212 e. The Hall–Kier alpha value is -1.17. The molecule has 1 aromatic heterocycles. The van der Waals surface area contributed by atoms with E-state index in [4.69, 9.17) is 0 Å². The van der Waals surface area contributed by atoms with Gasteiger partial charge in [-0.1, -0.05) is 43.2 Å². The maximum atomic E-state index is 13.0. The van der Waals surface area contributed by atoms with Gasteiger partial charge in [-0.3, -0.25) is 0 Å². The third kappa shape index (κ3) is 4.03. The average Bonchev–Trinajstić information content (AvgIpc) is 2.81. The first-order valence-corrected chi connectivity index (χ1v) is 10.6. The molecule has 1 saturated heterocycles. The van der Waals surface area contributed by atoms with Crippen LogP contribution in [0.2, 0.25) is 0 Å². The molecule has 3 nitrogen and oxygen atoms in total. The molecule has 1 aliphatic heterocycles. The van der Waals surface area contributed by atoms with Crippen molar-refractivity contribution < 1.29 is 8.42 Å². The monoisotopic (exact) mass is 349 g/mol. The first-order valence-electron chi connectivity index (χ1n) is 8.16. The van der Waals surface area contributed by atoms with Gasteiger partial charge in [-0.05, 0) is 37.5 Å². The molecule has 2 aromatic rings. The van der Waals surface area contributed by atoms with Gasteiger partial charge in [0.1, 0.15) is 0 Å². The van der Waals surface area contributed by atoms with Crippen LogP contribution in [0.4, 0.5) is 0 Å². The molecule has 3 rings (SSSR count). The van der Waals surface area contributed by atoms with Crippen molar-refractivity contribution in [3.05, 3.63) is 57.8 Å². The van der Waals surface area contributed by atoms with Crippen molar-refractivity contribution in [1.82, 2.24) is 4.31 Å². The summed E-state index contributed by atoms with van der Waals surface area (Å²) < 4.78 is 27.8. The van der Waals surface area contributed by atoms with Crippen molar-refractivity contribution in [3.8, 4) is 0 Å². The maximum Gasteiger partial charge on any atom is 0.218 e. The van der Waals surface area contributed by atoms with Crippen LogP contribution >= 0.6 is 11.3 Å². The first-order chi connectivity index (χ1) is 11.1. The van der Waals surface area contributed by atoms with Gasteiger partial charge in [-0.15, -0.1) is 11.3 Å². The lowest BCUT2D eigenvalue weighted by molar-refractivity contribution is 0.332. The van der Waals surface area contributed by atoms with Gasteiger partial charge in [0.05, 0.1) is 11.8 Å². The van der Waals surface area contributed by atoms with E-state index in [1.165, 1.54) is 9.75 Å². The summed E-state index contributed by atoms with van der Waals surface area (Å²) in [4.78, 5) is 2.42. The third-order valence-corrected chi connectivity index (χ3v) is 7.29. The highest BCUT2D eigenvalue weighted by molar-refractivity contribution is 7.88. The SMILES string of the molecule is Cc1ccc([C@@H]2CCCCCN2S(=O)(=O)Cc2ccccc2)s1. The summed E-state index contributed by atoms with van der Waals surface area (Å²) in [5.74, 6) is 0.0920. The highest BCUT2D eigenvalue weighted by Crippen LogP contribution is 2.36. The largest absolute Gasteiger partial charge is 0.218 e. The standard InChI is InChI=1S/C18H23NO2S2/c1-15-11-12-18(22-15)17-10-6-3-7-13-19(17)23(20,21)14-16-8-4-2-5-9-16/h2,4-5,8-9,11-12,17H,3,6-7,10,13-14H2,1H3/t17-/m0/s1. The van der Waals surface area contributed by atoms with Crippen LogP contribution in [0.1, 0.15) is 47.0 Å². The van der Waals surface area contributed by atoms with E-state index in [0.717, 1.165) is 31.2 Å². The lowest BCUT2D eigenvalue weighted by atomic mass is 10.1. The Balaban J connectivity index is 1.89. The first kappa shape index (κ1) is 16.7. The van der Waals surface area contributed by atoms with Crippen molar-refractivity contribution >= 4 is 21.4 Å². The molecule has 23 heavy (non-hydrogen) atoms. The molecule has 0 amide bonds. The van der Waals surface area contributed by atoms with Crippen LogP contribution in [0.15, 0.2) is 42.5 Å². The van der Waals surface area contributed by atoms with Crippen molar-refractivity contribution in [2.45, 2.75) is 44.4 Å². The van der Waals surface area contributed by atoms with Gasteiger partial charge in [0.2, 0.25) is 10.0 Å². The van der Waals surface area contributed by atoms with E-state index in [0.29, 0.717) is 6.54 Å². The molecule has 2 heterocycles. The summed E-state index contributed by atoms with van der Waals surface area (Å²) in [6.07, 6.45) is 4.08. The van der Waals surface area contributed by atoms with Crippen molar-refractivity contribution in [3.63, 3.8) is 0 Å². The van der Waals surface area contributed by atoms with Gasteiger partial charge in [0, 0.05) is 16.3 Å². The van der Waals surface area contributed by atoms with E-state index in [-0.39, 0.29) is 11.8 Å². The van der Waals surface area contributed by atoms with Crippen LogP contribution in [0.5, 0.6) is 0 Å². The molecule has 0 spiro atoms. The zero-order chi connectivity index (χ0) is 16.3. The second-order valence-electron chi connectivity index (χ2n) is 6.17. The molecule has 1 fully saturated rings. The topological polar surface area (TPSA) is 37.4 Å². The number of hydrogen-bond acceptors (Lipinski definition) is 3. The molecule has 124 valence electrons. The molecular formula is C18H23NO2S2. The molecule has 0 aliphatic carbocycles. The minimum absolute atomic E-state index is 0.00455. The number of thiophene rings is 1. The van der Waals surface area contributed by atoms with E-state index in [2.05, 4.69) is 19.1 Å². The van der Waals surface area contributed by atoms with Gasteiger partial charge in [0.25, 0.3) is 0 Å². The van der Waals surface area contributed by atoms with Gasteiger partial charge in [-0.25, -0.2) is 8.42 Å². The molecule has 0 unspecified atom stereocenters. The summed E-state index contributed by atoms with van der Waals surface area (Å²) in [6.45, 7) is 2.71. The van der Waals surface area contributed by atoms with E-state index in [9.17, 15) is 8.42 Å². The Kier molecular flexibility index (Phi) is 5.19. The number of aryl methyl sites for hydroxylation is 1. The predicted octanol–water partition coefficient (Wildman–Crippen LogP) is 4.50. The van der Waals surface area contributed by atoms with Gasteiger partial charge < -0.3 is 0 Å². The van der Waals surface area contributed by atoms with Crippen LogP contribution in [0.3, 0.4) is 0 Å². The quantitative estimate of drug-likeness (QED) is 0.815. The maximum absolute atomic E-state index is 13.0. The molecular weight excluding hydrogens is 326 g/mol. The predicted molar refractivity (Wildman–Crippen MR) is 96.0 cm³/mol. The van der Waals surface area contributed by atoms with Gasteiger partial charge in [-0.2, -0.15) is 4.31 Å². The van der Waals surface area contributed by atoms with Crippen molar-refractivity contribution in [1.29, 1.82) is 0 Å². The van der Waals surface area contributed by atoms with Crippen LogP contribution in [0.25, 0.3) is 0 Å². The normalized spacial score (nSPS) is 20.3. The zero-order valence-electron chi connectivity index (χ0n) is 13.4. The van der Waals surface area contributed by atoms with E-state index >= 15 is 0 Å². The fourth-order valence-electron chi connectivity index (χ4n) is 3.20. The van der Waals surface area contributed by atoms with E-state index in [1.54, 1.807) is 15.6 Å². The Morgan fingerprint density at radius 2 is 1.87 bits per heavy atom. The number of hydrogen-bond donors (Lipinski definition) is 0. The second-order valence-corrected chi connectivity index (χ2v) is 9.41. The average molecular weight is 350 g/mol. The zero-order valence-corrected chi connectivity index (χ0v) is 15.1. The third-order valence-electron chi connectivity index (χ3n) is 4.34. The molecule has 0 N–H and O–H groups in total. The molecule has 1 aromatic carbocycles. The summed E-state index contributed by atoms with van der Waals surface area (Å²) in [7, 11) is -3.31. The summed E-state index contributed by atoms with van der Waals surface area (Å²) >= 11 is 1.72. The van der Waals surface area contributed by atoms with E-state index in [1.807, 2.05) is 30.3 Å². The number of rotatable bonds is 4.